The summed E-state index contributed by atoms with van der Waals surface area (Å²) in [6.45, 7) is 0.278. The minimum atomic E-state index is -1.72. The van der Waals surface area contributed by atoms with E-state index in [9.17, 15) is 10.2 Å². The zero-order valence-electron chi connectivity index (χ0n) is 16.7. The zero-order chi connectivity index (χ0) is 21.6. The SMILES string of the molecule is O[C@H]1C[C@H](c2ccccc2)[C@@]2(c3ccc(Cl)cc3)Oc3cccc(OCCCl)c3[C@@]12O. The third-order valence-electron chi connectivity index (χ3n) is 6.45. The molecule has 5 rings (SSSR count). The lowest BCUT2D eigenvalue weighted by Gasteiger charge is -2.40. The van der Waals surface area contributed by atoms with Crippen LogP contribution in [0.5, 0.6) is 11.5 Å². The molecular formula is C25H22Cl2O4. The summed E-state index contributed by atoms with van der Waals surface area (Å²) in [6, 6.07) is 22.5. The van der Waals surface area contributed by atoms with Crippen LogP contribution in [0, 0.1) is 0 Å². The summed E-state index contributed by atoms with van der Waals surface area (Å²) in [5.74, 6) is 0.956. The van der Waals surface area contributed by atoms with E-state index in [1.807, 2.05) is 48.5 Å². The van der Waals surface area contributed by atoms with E-state index >= 15 is 0 Å². The van der Waals surface area contributed by atoms with Crippen molar-refractivity contribution in [1.29, 1.82) is 0 Å². The molecule has 1 aliphatic heterocycles. The van der Waals surface area contributed by atoms with Gasteiger partial charge in [-0.3, -0.25) is 0 Å². The maximum absolute atomic E-state index is 12.3. The maximum atomic E-state index is 12.3. The summed E-state index contributed by atoms with van der Waals surface area (Å²) >= 11 is 12.0. The van der Waals surface area contributed by atoms with Crippen molar-refractivity contribution in [1.82, 2.24) is 0 Å². The fourth-order valence-electron chi connectivity index (χ4n) is 5.22. The molecule has 31 heavy (non-hydrogen) atoms. The van der Waals surface area contributed by atoms with Gasteiger partial charge in [0.05, 0.1) is 17.5 Å². The van der Waals surface area contributed by atoms with E-state index in [0.29, 0.717) is 34.4 Å². The molecule has 1 fully saturated rings. The lowest BCUT2D eigenvalue weighted by molar-refractivity contribution is -0.150. The first kappa shape index (κ1) is 20.7. The number of benzene rings is 3. The van der Waals surface area contributed by atoms with E-state index in [4.69, 9.17) is 32.7 Å². The van der Waals surface area contributed by atoms with Crippen LogP contribution < -0.4 is 9.47 Å². The van der Waals surface area contributed by atoms with Crippen molar-refractivity contribution in [2.24, 2.45) is 0 Å². The van der Waals surface area contributed by atoms with Gasteiger partial charge in [0.15, 0.2) is 11.2 Å². The van der Waals surface area contributed by atoms with Gasteiger partial charge in [0.1, 0.15) is 18.1 Å². The Morgan fingerprint density at radius 1 is 1.00 bits per heavy atom. The Hall–Kier alpha value is -2.24. The monoisotopic (exact) mass is 456 g/mol. The second-order valence-electron chi connectivity index (χ2n) is 7.99. The summed E-state index contributed by atoms with van der Waals surface area (Å²) < 4.78 is 12.5. The number of hydrogen-bond donors (Lipinski definition) is 2. The zero-order valence-corrected chi connectivity index (χ0v) is 18.2. The molecule has 2 N–H and O–H groups in total. The van der Waals surface area contributed by atoms with Crippen molar-refractivity contribution in [3.05, 3.63) is 94.5 Å². The second-order valence-corrected chi connectivity index (χ2v) is 8.81. The summed E-state index contributed by atoms with van der Waals surface area (Å²) in [5.41, 5.74) is -0.797. The van der Waals surface area contributed by atoms with Crippen molar-refractivity contribution in [2.45, 2.75) is 29.6 Å². The van der Waals surface area contributed by atoms with Crippen LogP contribution in [0.15, 0.2) is 72.8 Å². The van der Waals surface area contributed by atoms with Crippen LogP contribution in [0.3, 0.4) is 0 Å². The molecule has 1 heterocycles. The standard InChI is InChI=1S/C25H22Cl2O4/c26-13-14-30-20-7-4-8-21-23(20)24(29)22(28)15-19(16-5-2-1-3-6-16)25(24,31-21)17-9-11-18(27)12-10-17/h1-12,19,22,28-29H,13-15H2/t19-,22+,24+,25-/m1/s1. The van der Waals surface area contributed by atoms with Gasteiger partial charge in [-0.2, -0.15) is 0 Å². The molecule has 4 nitrogen and oxygen atoms in total. The molecule has 0 unspecified atom stereocenters. The molecule has 0 spiro atoms. The van der Waals surface area contributed by atoms with Crippen molar-refractivity contribution < 1.29 is 19.7 Å². The third-order valence-corrected chi connectivity index (χ3v) is 6.85. The van der Waals surface area contributed by atoms with E-state index in [2.05, 4.69) is 0 Å². The van der Waals surface area contributed by atoms with Crippen LogP contribution in [0.1, 0.15) is 29.0 Å². The lowest BCUT2D eigenvalue weighted by atomic mass is 9.71. The third kappa shape index (κ3) is 2.90. The molecule has 1 aliphatic carbocycles. The summed E-state index contributed by atoms with van der Waals surface area (Å²) in [4.78, 5) is 0. The van der Waals surface area contributed by atoms with Gasteiger partial charge in [-0.05, 0) is 41.8 Å². The molecule has 2 aliphatic rings. The van der Waals surface area contributed by atoms with E-state index in [-0.39, 0.29) is 12.5 Å². The minimum Gasteiger partial charge on any atom is -0.492 e. The van der Waals surface area contributed by atoms with Gasteiger partial charge in [0, 0.05) is 10.9 Å². The molecule has 0 radical (unpaired) electrons. The van der Waals surface area contributed by atoms with E-state index < -0.39 is 17.3 Å². The Morgan fingerprint density at radius 3 is 2.45 bits per heavy atom. The molecule has 6 heteroatoms. The Labute approximate surface area is 191 Å². The van der Waals surface area contributed by atoms with E-state index in [1.54, 1.807) is 24.3 Å². The number of aliphatic hydroxyl groups is 2. The Morgan fingerprint density at radius 2 is 1.74 bits per heavy atom. The fourth-order valence-corrected chi connectivity index (χ4v) is 5.43. The minimum absolute atomic E-state index is 0.278. The predicted molar refractivity (Wildman–Crippen MR) is 120 cm³/mol. The Bertz CT molecular complexity index is 1090. The molecule has 0 aromatic heterocycles. The van der Waals surface area contributed by atoms with Crippen molar-refractivity contribution in [2.75, 3.05) is 12.5 Å². The lowest BCUT2D eigenvalue weighted by Crippen LogP contribution is -2.52. The largest absolute Gasteiger partial charge is 0.492 e. The van der Waals surface area contributed by atoms with Crippen LogP contribution in [-0.4, -0.2) is 28.8 Å². The highest BCUT2D eigenvalue weighted by Gasteiger charge is 2.73. The fraction of sp³-hybridized carbons (Fsp3) is 0.280. The number of alkyl halides is 1. The average molecular weight is 457 g/mol. The topological polar surface area (TPSA) is 58.9 Å². The Balaban J connectivity index is 1.77. The van der Waals surface area contributed by atoms with Crippen molar-refractivity contribution >= 4 is 23.2 Å². The van der Waals surface area contributed by atoms with Crippen molar-refractivity contribution in [3.63, 3.8) is 0 Å². The van der Waals surface area contributed by atoms with Gasteiger partial charge >= 0.3 is 0 Å². The first-order valence-electron chi connectivity index (χ1n) is 10.2. The molecule has 0 amide bonds. The van der Waals surface area contributed by atoms with Gasteiger partial charge in [-0.15, -0.1) is 11.6 Å². The average Bonchev–Trinajstić information content (AvgIpc) is 3.19. The normalized spacial score (nSPS) is 28.6. The molecule has 4 atom stereocenters. The number of rotatable bonds is 5. The predicted octanol–water partition coefficient (Wildman–Crippen LogP) is 4.98. The number of ether oxygens (including phenoxy) is 2. The molecular weight excluding hydrogens is 435 g/mol. The smallest absolute Gasteiger partial charge is 0.176 e. The second kappa shape index (κ2) is 7.72. The molecule has 3 aromatic carbocycles. The van der Waals surface area contributed by atoms with Crippen LogP contribution in [0.25, 0.3) is 0 Å². The maximum Gasteiger partial charge on any atom is 0.176 e. The van der Waals surface area contributed by atoms with Gasteiger partial charge in [0.2, 0.25) is 0 Å². The van der Waals surface area contributed by atoms with E-state index in [0.717, 1.165) is 11.1 Å². The number of aliphatic hydroxyl groups excluding tert-OH is 1. The summed E-state index contributed by atoms with van der Waals surface area (Å²) in [7, 11) is 0. The molecule has 160 valence electrons. The highest BCUT2D eigenvalue weighted by atomic mass is 35.5. The molecule has 0 saturated heterocycles. The van der Waals surface area contributed by atoms with Crippen LogP contribution >= 0.6 is 23.2 Å². The highest BCUT2D eigenvalue weighted by Crippen LogP contribution is 2.68. The van der Waals surface area contributed by atoms with Gasteiger partial charge in [-0.1, -0.05) is 60.1 Å². The molecule has 0 bridgehead atoms. The number of fused-ring (bicyclic) bond motifs is 3. The van der Waals surface area contributed by atoms with Crippen LogP contribution in [0.2, 0.25) is 5.02 Å². The quantitative estimate of drug-likeness (QED) is 0.531. The number of hydrogen-bond acceptors (Lipinski definition) is 4. The first-order valence-corrected chi connectivity index (χ1v) is 11.2. The summed E-state index contributed by atoms with van der Waals surface area (Å²) in [5, 5.41) is 24.2. The van der Waals surface area contributed by atoms with Gasteiger partial charge < -0.3 is 19.7 Å². The van der Waals surface area contributed by atoms with Crippen LogP contribution in [0.4, 0.5) is 0 Å². The molecule has 3 aromatic rings. The van der Waals surface area contributed by atoms with Crippen molar-refractivity contribution in [3.8, 4) is 11.5 Å². The van der Waals surface area contributed by atoms with Crippen LogP contribution in [-0.2, 0) is 11.2 Å². The highest BCUT2D eigenvalue weighted by molar-refractivity contribution is 6.30. The first-order chi connectivity index (χ1) is 15.0. The van der Waals surface area contributed by atoms with E-state index in [1.165, 1.54) is 0 Å². The Kier molecular flexibility index (Phi) is 5.14. The van der Waals surface area contributed by atoms with Gasteiger partial charge in [0.25, 0.3) is 0 Å². The van der Waals surface area contributed by atoms with Gasteiger partial charge in [-0.25, -0.2) is 0 Å². The molecule has 1 saturated carbocycles. The number of halogens is 2. The summed E-state index contributed by atoms with van der Waals surface area (Å²) in [6.07, 6.45) is -0.748.